The van der Waals surface area contributed by atoms with Crippen molar-refractivity contribution in [1.82, 2.24) is 0 Å². The largest absolute Gasteiger partial charge is 0.517 e. The van der Waals surface area contributed by atoms with E-state index in [1.807, 2.05) is 60.7 Å². The normalized spacial score (nSPS) is 12.4. The van der Waals surface area contributed by atoms with Crippen LogP contribution in [-0.4, -0.2) is 11.3 Å². The van der Waals surface area contributed by atoms with Gasteiger partial charge in [-0.15, -0.1) is 0 Å². The molecule has 0 fully saturated rings. The molecule has 0 saturated heterocycles. The van der Waals surface area contributed by atoms with E-state index < -0.39 is 16.5 Å². The van der Waals surface area contributed by atoms with Crippen LogP contribution < -0.4 is 0 Å². The molecule has 170 valence electrons. The van der Waals surface area contributed by atoms with Crippen LogP contribution in [0.2, 0.25) is 0 Å². The van der Waals surface area contributed by atoms with E-state index in [9.17, 15) is 9.90 Å². The molecule has 3 aromatic carbocycles. The lowest BCUT2D eigenvalue weighted by atomic mass is 9.89. The molecule has 3 aromatic rings. The first-order chi connectivity index (χ1) is 15.2. The molecular weight excluding hydrogens is 416 g/mol. The Bertz CT molecular complexity index is 988. The summed E-state index contributed by atoms with van der Waals surface area (Å²) in [6.45, 7) is 13.1. The maximum absolute atomic E-state index is 12.3. The lowest BCUT2D eigenvalue weighted by Crippen LogP contribution is -2.17. The zero-order valence-electron chi connectivity index (χ0n) is 19.8. The van der Waals surface area contributed by atoms with Gasteiger partial charge < -0.3 is 9.29 Å². The fourth-order valence-electron chi connectivity index (χ4n) is 4.06. The first-order valence-electron chi connectivity index (χ1n) is 11.2. The molecule has 3 nitrogen and oxygen atoms in total. The van der Waals surface area contributed by atoms with Crippen molar-refractivity contribution in [3.63, 3.8) is 0 Å². The van der Waals surface area contributed by atoms with Crippen LogP contribution in [0.1, 0.15) is 76.0 Å². The second-order valence-corrected chi connectivity index (χ2v) is 11.7. The lowest BCUT2D eigenvalue weighted by molar-refractivity contribution is 0.150. The van der Waals surface area contributed by atoms with Gasteiger partial charge in [0.05, 0.1) is 0 Å². The van der Waals surface area contributed by atoms with Crippen LogP contribution in [0.4, 0.5) is 4.79 Å². The van der Waals surface area contributed by atoms with Crippen molar-refractivity contribution in [3.8, 4) is 0 Å². The molecule has 0 bridgehead atoms. The molecule has 0 amide bonds. The van der Waals surface area contributed by atoms with Gasteiger partial charge in [0.15, 0.2) is 0 Å². The number of rotatable bonds is 7. The highest BCUT2D eigenvalue weighted by atomic mass is 32.3. The third-order valence-corrected chi connectivity index (χ3v) is 9.02. The average molecular weight is 451 g/mol. The van der Waals surface area contributed by atoms with Gasteiger partial charge in [0.2, 0.25) is 0 Å². The van der Waals surface area contributed by atoms with Crippen LogP contribution in [0.25, 0.3) is 0 Å². The monoisotopic (exact) mass is 450 g/mol. The Kier molecular flexibility index (Phi) is 7.35. The highest BCUT2D eigenvalue weighted by Crippen LogP contribution is 2.71. The molecule has 0 aromatic heterocycles. The maximum atomic E-state index is 12.3. The van der Waals surface area contributed by atoms with Gasteiger partial charge in [-0.1, -0.05) is 90.1 Å². The van der Waals surface area contributed by atoms with Crippen molar-refractivity contribution in [1.29, 1.82) is 0 Å². The van der Waals surface area contributed by atoms with Crippen LogP contribution >= 0.6 is 10.3 Å². The molecular formula is C28H34O3S. The van der Waals surface area contributed by atoms with Crippen molar-refractivity contribution in [2.45, 2.75) is 74.0 Å². The van der Waals surface area contributed by atoms with Gasteiger partial charge in [0.1, 0.15) is 0 Å². The molecule has 0 aliphatic carbocycles. The van der Waals surface area contributed by atoms with Crippen molar-refractivity contribution in [2.24, 2.45) is 0 Å². The Morgan fingerprint density at radius 2 is 1.12 bits per heavy atom. The van der Waals surface area contributed by atoms with Crippen molar-refractivity contribution in [2.75, 3.05) is 0 Å². The van der Waals surface area contributed by atoms with E-state index in [2.05, 4.69) is 53.7 Å². The van der Waals surface area contributed by atoms with E-state index in [0.29, 0.717) is 5.92 Å². The first-order valence-corrected chi connectivity index (χ1v) is 12.8. The minimum absolute atomic E-state index is 0.206. The van der Waals surface area contributed by atoms with E-state index in [1.165, 1.54) is 5.56 Å². The third-order valence-electron chi connectivity index (χ3n) is 5.71. The van der Waals surface area contributed by atoms with Crippen molar-refractivity contribution >= 4 is 16.5 Å². The second-order valence-electron chi connectivity index (χ2n) is 9.02. The van der Waals surface area contributed by atoms with Crippen LogP contribution in [0.3, 0.4) is 0 Å². The van der Waals surface area contributed by atoms with Crippen LogP contribution in [0.15, 0.2) is 87.5 Å². The van der Waals surface area contributed by atoms with Gasteiger partial charge in [-0.3, -0.25) is 0 Å². The molecule has 0 radical (unpaired) electrons. The molecule has 0 heterocycles. The summed E-state index contributed by atoms with van der Waals surface area (Å²) in [6, 6.07) is 24.2. The summed E-state index contributed by atoms with van der Waals surface area (Å²) in [5.41, 5.74) is 3.58. The Morgan fingerprint density at radius 3 is 1.44 bits per heavy atom. The SMILES string of the molecule is CC(C)c1cc(C(C)C)c(S(OC(=O)O)(c2ccccc2)c2ccccc2)c(C(C)C)c1. The summed E-state index contributed by atoms with van der Waals surface area (Å²) in [7, 11) is -2.53. The fourth-order valence-corrected chi connectivity index (χ4v) is 7.63. The lowest BCUT2D eigenvalue weighted by Gasteiger charge is -2.42. The molecule has 3 rings (SSSR count). The predicted molar refractivity (Wildman–Crippen MR) is 133 cm³/mol. The molecule has 0 spiro atoms. The smallest absolute Gasteiger partial charge is 0.449 e. The van der Waals surface area contributed by atoms with E-state index in [-0.39, 0.29) is 11.8 Å². The van der Waals surface area contributed by atoms with Crippen molar-refractivity contribution < 1.29 is 14.1 Å². The number of benzene rings is 3. The number of hydrogen-bond acceptors (Lipinski definition) is 2. The standard InChI is InChI=1S/C28H34O3S/c1-19(2)22-17-25(20(3)4)27(26(18-22)21(5)6)32(31-28(29)30,23-13-9-7-10-14-23)24-15-11-8-12-16-24/h7-21H,1-6H3,(H,29,30). The molecule has 0 aliphatic rings. The van der Waals surface area contributed by atoms with Gasteiger partial charge >= 0.3 is 6.16 Å². The highest BCUT2D eigenvalue weighted by Gasteiger charge is 2.40. The number of carboxylic acid groups (broad SMARTS) is 1. The average Bonchev–Trinajstić information content (AvgIpc) is 2.77. The molecule has 32 heavy (non-hydrogen) atoms. The Labute approximate surface area is 194 Å². The minimum Gasteiger partial charge on any atom is -0.449 e. The van der Waals surface area contributed by atoms with E-state index in [1.54, 1.807) is 0 Å². The van der Waals surface area contributed by atoms with Gasteiger partial charge in [-0.25, -0.2) is 4.79 Å². The van der Waals surface area contributed by atoms with Crippen molar-refractivity contribution in [3.05, 3.63) is 89.5 Å². The quantitative estimate of drug-likeness (QED) is 0.391. The summed E-state index contributed by atoms with van der Waals surface area (Å²) in [5.74, 6) is 0.785. The fraction of sp³-hybridized carbons (Fsp3) is 0.321. The summed E-state index contributed by atoms with van der Waals surface area (Å²) in [5, 5.41) is 10.0. The molecule has 0 unspecified atom stereocenters. The molecule has 4 heteroatoms. The Balaban J connectivity index is 2.57. The highest BCUT2D eigenvalue weighted by molar-refractivity contribution is 8.30. The van der Waals surface area contributed by atoms with Gasteiger partial charge in [-0.05, 0) is 69.0 Å². The minimum atomic E-state index is -2.53. The Morgan fingerprint density at radius 1 is 0.719 bits per heavy atom. The van der Waals surface area contributed by atoms with Crippen LogP contribution in [0, 0.1) is 0 Å². The topological polar surface area (TPSA) is 46.5 Å². The summed E-state index contributed by atoms with van der Waals surface area (Å²) in [6.07, 6.45) is -1.26. The van der Waals surface area contributed by atoms with Gasteiger partial charge in [-0.2, -0.15) is 0 Å². The molecule has 0 aliphatic heterocycles. The summed E-state index contributed by atoms with van der Waals surface area (Å²) < 4.78 is 6.08. The summed E-state index contributed by atoms with van der Waals surface area (Å²) >= 11 is 0. The van der Waals surface area contributed by atoms with E-state index >= 15 is 0 Å². The number of carbonyl (C=O) groups is 1. The first kappa shape index (κ1) is 23.9. The Hall–Kier alpha value is -2.72. The predicted octanol–water partition coefficient (Wildman–Crippen LogP) is 8.95. The van der Waals surface area contributed by atoms with Gasteiger partial charge in [0.25, 0.3) is 0 Å². The maximum Gasteiger partial charge on any atom is 0.517 e. The van der Waals surface area contributed by atoms with Crippen LogP contribution in [-0.2, 0) is 4.18 Å². The third kappa shape index (κ3) is 4.56. The zero-order valence-corrected chi connectivity index (χ0v) is 20.6. The second kappa shape index (κ2) is 9.83. The zero-order chi connectivity index (χ0) is 23.5. The molecule has 1 N–H and O–H groups in total. The molecule has 0 atom stereocenters. The van der Waals surface area contributed by atoms with Crippen LogP contribution in [0.5, 0.6) is 0 Å². The summed E-state index contributed by atoms with van der Waals surface area (Å²) in [4.78, 5) is 15.1. The van der Waals surface area contributed by atoms with E-state index in [4.69, 9.17) is 4.18 Å². The number of hydrogen-bond donors (Lipinski definition) is 1. The van der Waals surface area contributed by atoms with Gasteiger partial charge in [0, 0.05) is 14.7 Å². The molecule has 0 saturated carbocycles. The van der Waals surface area contributed by atoms with E-state index in [0.717, 1.165) is 25.8 Å².